The molecule has 0 aliphatic carbocycles. The molecule has 0 saturated carbocycles. The molecule has 1 fully saturated rings. The molecule has 0 unspecified atom stereocenters. The Morgan fingerprint density at radius 3 is 2.73 bits per heavy atom. The van der Waals surface area contributed by atoms with Gasteiger partial charge in [-0.05, 0) is 13.8 Å². The number of hydrogen-bond donors (Lipinski definition) is 0. The first-order valence-electron chi connectivity index (χ1n) is 7.71. The van der Waals surface area contributed by atoms with Gasteiger partial charge in [-0.3, -0.25) is 14.3 Å². The summed E-state index contributed by atoms with van der Waals surface area (Å²) < 4.78 is 9.41. The molecule has 3 rings (SSSR count). The Morgan fingerprint density at radius 1 is 1.32 bits per heavy atom. The van der Waals surface area contributed by atoms with Crippen LogP contribution in [-0.4, -0.2) is 56.0 Å². The van der Waals surface area contributed by atoms with Gasteiger partial charge in [-0.1, -0.05) is 5.21 Å². The van der Waals surface area contributed by atoms with Crippen LogP contribution in [0.15, 0.2) is 18.6 Å². The Kier molecular flexibility index (Phi) is 4.26. The lowest BCUT2D eigenvalue weighted by molar-refractivity contribution is 0.0957. The minimum Gasteiger partial charge on any atom is -0.379 e. The van der Waals surface area contributed by atoms with E-state index >= 15 is 0 Å². The number of hydrogen-bond acceptors (Lipinski definition) is 5. The van der Waals surface area contributed by atoms with Crippen LogP contribution in [0, 0.1) is 0 Å². The predicted molar refractivity (Wildman–Crippen MR) is 82.4 cm³/mol. The lowest BCUT2D eigenvalue weighted by Gasteiger charge is -2.13. The molecule has 3 heterocycles. The second-order valence-electron chi connectivity index (χ2n) is 6.31. The van der Waals surface area contributed by atoms with Crippen molar-refractivity contribution in [3.05, 3.63) is 29.8 Å². The first kappa shape index (κ1) is 15.2. The molecular weight excluding hydrogens is 280 g/mol. The van der Waals surface area contributed by atoms with Gasteiger partial charge in [0.15, 0.2) is 0 Å². The average Bonchev–Trinajstić information content (AvgIpc) is 3.18. The standard InChI is InChI=1S/C15H24N6O/c1-11(2)21-7-12(5-16-21)6-20-8-13(15(10-20)22-4)14-9-19(3)18-17-14/h5,7,9,11,13,15H,6,8,10H2,1-4H3/t13-,15+/m0/s1. The highest BCUT2D eigenvalue weighted by molar-refractivity contribution is 5.12. The van der Waals surface area contributed by atoms with E-state index < -0.39 is 0 Å². The van der Waals surface area contributed by atoms with Gasteiger partial charge in [0, 0.05) is 63.7 Å². The maximum Gasteiger partial charge on any atom is 0.0897 e. The molecule has 1 aliphatic heterocycles. The summed E-state index contributed by atoms with van der Waals surface area (Å²) in [5.74, 6) is 0.277. The average molecular weight is 304 g/mol. The van der Waals surface area contributed by atoms with Crippen LogP contribution in [0.1, 0.15) is 37.1 Å². The molecule has 0 radical (unpaired) electrons. The number of aromatic nitrogens is 5. The molecule has 22 heavy (non-hydrogen) atoms. The van der Waals surface area contributed by atoms with Crippen molar-refractivity contribution in [3.63, 3.8) is 0 Å². The molecular formula is C15H24N6O. The Balaban J connectivity index is 1.68. The number of rotatable bonds is 5. The highest BCUT2D eigenvalue weighted by Crippen LogP contribution is 2.29. The third-order valence-corrected chi connectivity index (χ3v) is 4.24. The topological polar surface area (TPSA) is 61.0 Å². The van der Waals surface area contributed by atoms with Crippen molar-refractivity contribution in [2.45, 2.75) is 38.5 Å². The van der Waals surface area contributed by atoms with E-state index in [-0.39, 0.29) is 12.0 Å². The van der Waals surface area contributed by atoms with Crippen molar-refractivity contribution >= 4 is 0 Å². The lowest BCUT2D eigenvalue weighted by atomic mass is 10.0. The zero-order valence-electron chi connectivity index (χ0n) is 13.7. The van der Waals surface area contributed by atoms with Crippen molar-refractivity contribution in [2.75, 3.05) is 20.2 Å². The Hall–Kier alpha value is -1.73. The number of likely N-dealkylation sites (tertiary alicyclic amines) is 1. The van der Waals surface area contributed by atoms with Crippen LogP contribution in [0.3, 0.4) is 0 Å². The van der Waals surface area contributed by atoms with Crippen LogP contribution >= 0.6 is 0 Å². The molecule has 0 bridgehead atoms. The minimum absolute atomic E-state index is 0.164. The van der Waals surface area contributed by atoms with Crippen LogP contribution < -0.4 is 0 Å². The zero-order chi connectivity index (χ0) is 15.7. The maximum atomic E-state index is 5.66. The van der Waals surface area contributed by atoms with Gasteiger partial charge in [0.2, 0.25) is 0 Å². The Morgan fingerprint density at radius 2 is 2.14 bits per heavy atom. The van der Waals surface area contributed by atoms with Crippen LogP contribution in [-0.2, 0) is 18.3 Å². The summed E-state index contributed by atoms with van der Waals surface area (Å²) in [7, 11) is 3.67. The van der Waals surface area contributed by atoms with E-state index in [4.69, 9.17) is 4.74 Å². The van der Waals surface area contributed by atoms with Gasteiger partial charge in [-0.2, -0.15) is 5.10 Å². The molecule has 0 spiro atoms. The maximum absolute atomic E-state index is 5.66. The molecule has 2 aromatic rings. The van der Waals surface area contributed by atoms with Crippen LogP contribution in [0.5, 0.6) is 0 Å². The zero-order valence-corrected chi connectivity index (χ0v) is 13.7. The van der Waals surface area contributed by atoms with Crippen LogP contribution in [0.2, 0.25) is 0 Å². The van der Waals surface area contributed by atoms with Gasteiger partial charge in [0.05, 0.1) is 18.0 Å². The van der Waals surface area contributed by atoms with Crippen molar-refractivity contribution in [1.29, 1.82) is 0 Å². The van der Waals surface area contributed by atoms with E-state index in [1.165, 1.54) is 5.56 Å². The first-order valence-corrected chi connectivity index (χ1v) is 7.71. The second-order valence-corrected chi connectivity index (χ2v) is 6.31. The predicted octanol–water partition coefficient (Wildman–Crippen LogP) is 1.21. The highest BCUT2D eigenvalue weighted by Gasteiger charge is 2.35. The van der Waals surface area contributed by atoms with Gasteiger partial charge in [-0.15, -0.1) is 5.10 Å². The van der Waals surface area contributed by atoms with E-state index in [1.807, 2.05) is 24.1 Å². The molecule has 1 aliphatic rings. The molecule has 0 amide bonds. The lowest BCUT2D eigenvalue weighted by Crippen LogP contribution is -2.22. The molecule has 7 nitrogen and oxygen atoms in total. The smallest absolute Gasteiger partial charge is 0.0897 e. The van der Waals surface area contributed by atoms with Gasteiger partial charge >= 0.3 is 0 Å². The first-order chi connectivity index (χ1) is 10.6. The van der Waals surface area contributed by atoms with E-state index in [0.29, 0.717) is 6.04 Å². The number of aryl methyl sites for hydroxylation is 1. The van der Waals surface area contributed by atoms with Crippen LogP contribution in [0.4, 0.5) is 0 Å². The summed E-state index contributed by atoms with van der Waals surface area (Å²) in [6.45, 7) is 7.01. The largest absolute Gasteiger partial charge is 0.379 e. The van der Waals surface area contributed by atoms with Gasteiger partial charge < -0.3 is 4.74 Å². The molecule has 1 saturated heterocycles. The molecule has 2 atom stereocenters. The molecule has 7 heteroatoms. The summed E-state index contributed by atoms with van der Waals surface area (Å²) in [5, 5.41) is 12.7. The second kappa shape index (κ2) is 6.18. The summed E-state index contributed by atoms with van der Waals surface area (Å²) in [6.07, 6.45) is 6.23. The summed E-state index contributed by atoms with van der Waals surface area (Å²) in [4.78, 5) is 2.40. The fourth-order valence-electron chi connectivity index (χ4n) is 3.04. The highest BCUT2D eigenvalue weighted by atomic mass is 16.5. The Bertz CT molecular complexity index is 619. The van der Waals surface area contributed by atoms with Crippen molar-refractivity contribution in [1.82, 2.24) is 29.7 Å². The van der Waals surface area contributed by atoms with Crippen molar-refractivity contribution < 1.29 is 4.74 Å². The SMILES string of the molecule is CO[C@@H]1CN(Cc2cnn(C(C)C)c2)C[C@H]1c1cn(C)nn1. The molecule has 0 N–H and O–H groups in total. The van der Waals surface area contributed by atoms with Gasteiger partial charge in [-0.25, -0.2) is 0 Å². The molecule has 120 valence electrons. The summed E-state index contributed by atoms with van der Waals surface area (Å²) in [6, 6.07) is 0.395. The fraction of sp³-hybridized carbons (Fsp3) is 0.667. The summed E-state index contributed by atoms with van der Waals surface area (Å²) >= 11 is 0. The fourth-order valence-corrected chi connectivity index (χ4v) is 3.04. The molecule has 2 aromatic heterocycles. The van der Waals surface area contributed by atoms with E-state index in [2.05, 4.69) is 40.4 Å². The third-order valence-electron chi connectivity index (χ3n) is 4.24. The number of methoxy groups -OCH3 is 1. The minimum atomic E-state index is 0.164. The van der Waals surface area contributed by atoms with Gasteiger partial charge in [0.25, 0.3) is 0 Å². The quantitative estimate of drug-likeness (QED) is 0.831. The molecule has 0 aromatic carbocycles. The van der Waals surface area contributed by atoms with E-state index in [9.17, 15) is 0 Å². The normalized spacial score (nSPS) is 22.8. The van der Waals surface area contributed by atoms with Crippen LogP contribution in [0.25, 0.3) is 0 Å². The third kappa shape index (κ3) is 3.05. The van der Waals surface area contributed by atoms with E-state index in [1.54, 1.807) is 11.8 Å². The van der Waals surface area contributed by atoms with E-state index in [0.717, 1.165) is 25.3 Å². The van der Waals surface area contributed by atoms with Crippen molar-refractivity contribution in [3.8, 4) is 0 Å². The van der Waals surface area contributed by atoms with Gasteiger partial charge in [0.1, 0.15) is 0 Å². The number of ether oxygens (including phenoxy) is 1. The summed E-state index contributed by atoms with van der Waals surface area (Å²) in [5.41, 5.74) is 2.25. The Labute approximate surface area is 130 Å². The number of nitrogens with zero attached hydrogens (tertiary/aromatic N) is 6. The van der Waals surface area contributed by atoms with Crippen molar-refractivity contribution in [2.24, 2.45) is 7.05 Å². The monoisotopic (exact) mass is 304 g/mol.